The lowest BCUT2D eigenvalue weighted by atomic mass is 10.3. The molecule has 1 aromatic carbocycles. The topological polar surface area (TPSA) is 66.5 Å². The molecule has 0 heterocycles. The second-order valence-electron chi connectivity index (χ2n) is 4.42. The minimum atomic E-state index is -3.58. The smallest absolute Gasteiger partial charge is 0.240 e. The Bertz CT molecular complexity index is 560. The summed E-state index contributed by atoms with van der Waals surface area (Å²) in [4.78, 5) is 11.8. The van der Waals surface area contributed by atoms with E-state index in [1.807, 2.05) is 6.92 Å². The lowest BCUT2D eigenvalue weighted by Gasteiger charge is -2.22. The fourth-order valence-electron chi connectivity index (χ4n) is 1.63. The Kier molecular flexibility index (Phi) is 6.29. The minimum absolute atomic E-state index is 0.272. The maximum atomic E-state index is 11.8. The van der Waals surface area contributed by atoms with Gasteiger partial charge in [-0.05, 0) is 18.6 Å². The summed E-state index contributed by atoms with van der Waals surface area (Å²) in [6.45, 7) is 2.28. The number of amides is 1. The normalized spacial score (nSPS) is 11.2. The summed E-state index contributed by atoms with van der Waals surface area (Å²) in [5.41, 5.74) is 0.308. The highest BCUT2D eigenvalue weighted by molar-refractivity contribution is 7.92. The Labute approximate surface area is 125 Å². The lowest BCUT2D eigenvalue weighted by Crippen LogP contribution is -2.40. The van der Waals surface area contributed by atoms with Crippen molar-refractivity contribution in [1.29, 1.82) is 0 Å². The molecule has 0 radical (unpaired) electrons. The number of hydrogen-bond acceptors (Lipinski definition) is 3. The number of rotatable bonds is 7. The van der Waals surface area contributed by atoms with Crippen LogP contribution >= 0.6 is 11.6 Å². The molecular weight excluding hydrogens is 300 g/mol. The Morgan fingerprint density at radius 1 is 1.35 bits per heavy atom. The van der Waals surface area contributed by atoms with Crippen molar-refractivity contribution in [3.63, 3.8) is 0 Å². The van der Waals surface area contributed by atoms with Gasteiger partial charge in [-0.3, -0.25) is 9.10 Å². The second-order valence-corrected chi connectivity index (χ2v) is 6.74. The molecule has 0 spiro atoms. The van der Waals surface area contributed by atoms with E-state index in [0.717, 1.165) is 23.4 Å². The van der Waals surface area contributed by atoms with Crippen molar-refractivity contribution >= 4 is 33.2 Å². The van der Waals surface area contributed by atoms with E-state index in [1.54, 1.807) is 24.3 Å². The number of nitrogens with zero attached hydrogens (tertiary/aromatic N) is 1. The number of hydrogen-bond donors (Lipinski definition) is 1. The number of halogens is 1. The zero-order chi connectivity index (χ0) is 15.2. The molecule has 0 aromatic heterocycles. The van der Waals surface area contributed by atoms with E-state index >= 15 is 0 Å². The van der Waals surface area contributed by atoms with Gasteiger partial charge in [-0.1, -0.05) is 37.1 Å². The zero-order valence-corrected chi connectivity index (χ0v) is 13.2. The summed E-state index contributed by atoms with van der Waals surface area (Å²) in [6, 6.07) is 6.54. The van der Waals surface area contributed by atoms with Crippen LogP contribution in [0, 0.1) is 0 Å². The van der Waals surface area contributed by atoms with Crippen molar-refractivity contribution in [3.05, 3.63) is 29.3 Å². The van der Waals surface area contributed by atoms with E-state index in [0.29, 0.717) is 17.3 Å². The highest BCUT2D eigenvalue weighted by Gasteiger charge is 2.22. The van der Waals surface area contributed by atoms with E-state index in [1.165, 1.54) is 0 Å². The standard InChI is InChI=1S/C13H19ClN2O3S/c1-3-4-9-15-13(17)10-16(20(2,18)19)12-8-6-5-7-11(12)14/h5-8H,3-4,9-10H2,1-2H3,(H,15,17). The number of anilines is 1. The van der Waals surface area contributed by atoms with Crippen LogP contribution in [0.2, 0.25) is 5.02 Å². The van der Waals surface area contributed by atoms with Crippen molar-refractivity contribution in [2.75, 3.05) is 23.7 Å². The summed E-state index contributed by atoms with van der Waals surface area (Å²) in [5.74, 6) is -0.344. The Morgan fingerprint density at radius 3 is 2.55 bits per heavy atom. The SMILES string of the molecule is CCCCNC(=O)CN(c1ccccc1Cl)S(C)(=O)=O. The molecule has 0 saturated carbocycles. The molecule has 0 aliphatic carbocycles. The number of carbonyl (C=O) groups excluding carboxylic acids is 1. The highest BCUT2D eigenvalue weighted by Crippen LogP contribution is 2.26. The number of sulfonamides is 1. The number of nitrogens with one attached hydrogen (secondary N) is 1. The largest absolute Gasteiger partial charge is 0.355 e. The quantitative estimate of drug-likeness (QED) is 0.782. The van der Waals surface area contributed by atoms with Crippen molar-refractivity contribution in [3.8, 4) is 0 Å². The number of carbonyl (C=O) groups is 1. The van der Waals surface area contributed by atoms with Crippen LogP contribution in [0.1, 0.15) is 19.8 Å². The first-order valence-electron chi connectivity index (χ1n) is 6.35. The van der Waals surface area contributed by atoms with Crippen molar-refractivity contribution < 1.29 is 13.2 Å². The van der Waals surface area contributed by atoms with Crippen LogP contribution in [-0.4, -0.2) is 33.7 Å². The first-order valence-corrected chi connectivity index (χ1v) is 8.57. The number of unbranched alkanes of at least 4 members (excludes halogenated alkanes) is 1. The molecule has 1 rings (SSSR count). The summed E-state index contributed by atoms with van der Waals surface area (Å²) in [6.07, 6.45) is 2.87. The molecule has 0 aliphatic heterocycles. The first kappa shape index (κ1) is 16.8. The second kappa shape index (κ2) is 7.50. The Hall–Kier alpha value is -1.27. The summed E-state index contributed by atoms with van der Waals surface area (Å²) >= 11 is 6.00. The van der Waals surface area contributed by atoms with Crippen LogP contribution in [0.15, 0.2) is 24.3 Å². The molecular formula is C13H19ClN2O3S. The average Bonchev–Trinajstić information content (AvgIpc) is 2.36. The lowest BCUT2D eigenvalue weighted by molar-refractivity contribution is -0.119. The van der Waals surface area contributed by atoms with Crippen molar-refractivity contribution in [1.82, 2.24) is 5.32 Å². The van der Waals surface area contributed by atoms with Gasteiger partial charge in [-0.2, -0.15) is 0 Å². The van der Waals surface area contributed by atoms with Gasteiger partial charge >= 0.3 is 0 Å². The van der Waals surface area contributed by atoms with Crippen LogP contribution in [0.4, 0.5) is 5.69 Å². The van der Waals surface area contributed by atoms with Gasteiger partial charge in [0.05, 0.1) is 17.0 Å². The predicted molar refractivity (Wildman–Crippen MR) is 81.6 cm³/mol. The molecule has 7 heteroatoms. The molecule has 1 N–H and O–H groups in total. The summed E-state index contributed by atoms with van der Waals surface area (Å²) in [5, 5.41) is 2.98. The molecule has 1 aromatic rings. The maximum absolute atomic E-state index is 11.8. The summed E-state index contributed by atoms with van der Waals surface area (Å²) in [7, 11) is -3.58. The third-order valence-electron chi connectivity index (χ3n) is 2.66. The van der Waals surface area contributed by atoms with Crippen LogP contribution in [0.25, 0.3) is 0 Å². The van der Waals surface area contributed by atoms with E-state index < -0.39 is 10.0 Å². The van der Waals surface area contributed by atoms with Gasteiger partial charge in [-0.25, -0.2) is 8.42 Å². The number of benzene rings is 1. The van der Waals surface area contributed by atoms with Gasteiger partial charge in [0, 0.05) is 6.54 Å². The van der Waals surface area contributed by atoms with E-state index in [2.05, 4.69) is 5.32 Å². The van der Waals surface area contributed by atoms with E-state index in [-0.39, 0.29) is 12.5 Å². The van der Waals surface area contributed by atoms with E-state index in [9.17, 15) is 13.2 Å². The van der Waals surface area contributed by atoms with Crippen LogP contribution < -0.4 is 9.62 Å². The highest BCUT2D eigenvalue weighted by atomic mass is 35.5. The third kappa shape index (κ3) is 5.02. The molecule has 0 saturated heterocycles. The molecule has 1 amide bonds. The van der Waals surface area contributed by atoms with Crippen LogP contribution in [-0.2, 0) is 14.8 Å². The van der Waals surface area contributed by atoms with Crippen molar-refractivity contribution in [2.24, 2.45) is 0 Å². The average molecular weight is 319 g/mol. The minimum Gasteiger partial charge on any atom is -0.355 e. The zero-order valence-electron chi connectivity index (χ0n) is 11.6. The van der Waals surface area contributed by atoms with Gasteiger partial charge in [0.25, 0.3) is 0 Å². The molecule has 0 unspecified atom stereocenters. The van der Waals surface area contributed by atoms with Gasteiger partial charge in [0.15, 0.2) is 0 Å². The monoisotopic (exact) mass is 318 g/mol. The van der Waals surface area contributed by atoms with Crippen molar-refractivity contribution in [2.45, 2.75) is 19.8 Å². The molecule has 0 bridgehead atoms. The van der Waals surface area contributed by atoms with Crippen LogP contribution in [0.3, 0.4) is 0 Å². The first-order chi connectivity index (χ1) is 9.36. The third-order valence-corrected chi connectivity index (χ3v) is 4.11. The summed E-state index contributed by atoms with van der Waals surface area (Å²) < 4.78 is 24.7. The Morgan fingerprint density at radius 2 is 2.00 bits per heavy atom. The fraction of sp³-hybridized carbons (Fsp3) is 0.462. The predicted octanol–water partition coefficient (Wildman–Crippen LogP) is 2.02. The molecule has 112 valence electrons. The molecule has 0 aliphatic rings. The Balaban J connectivity index is 2.88. The van der Waals surface area contributed by atoms with Gasteiger partial charge in [0.1, 0.15) is 6.54 Å². The van der Waals surface area contributed by atoms with Gasteiger partial charge in [-0.15, -0.1) is 0 Å². The van der Waals surface area contributed by atoms with Gasteiger partial charge < -0.3 is 5.32 Å². The maximum Gasteiger partial charge on any atom is 0.240 e. The van der Waals surface area contributed by atoms with E-state index in [4.69, 9.17) is 11.6 Å². The molecule has 0 atom stereocenters. The molecule has 5 nitrogen and oxygen atoms in total. The van der Waals surface area contributed by atoms with Gasteiger partial charge in [0.2, 0.25) is 15.9 Å². The fourth-order valence-corrected chi connectivity index (χ4v) is 2.78. The molecule has 20 heavy (non-hydrogen) atoms. The molecule has 0 fully saturated rings. The van der Waals surface area contributed by atoms with Crippen LogP contribution in [0.5, 0.6) is 0 Å². The number of para-hydroxylation sites is 1.